The minimum absolute atomic E-state index is 0.457. The van der Waals surface area contributed by atoms with Gasteiger partial charge in [-0.25, -0.2) is 19.7 Å². The number of benzene rings is 1. The van der Waals surface area contributed by atoms with E-state index >= 15 is 0 Å². The Hall–Kier alpha value is -2.73. The molecular formula is C15H12N4OS. The lowest BCUT2D eigenvalue weighted by Gasteiger charge is -2.15. The molecule has 0 spiro atoms. The Balaban J connectivity index is 1.99. The third-order valence-electron chi connectivity index (χ3n) is 2.84. The van der Waals surface area contributed by atoms with E-state index in [0.29, 0.717) is 10.9 Å². The molecule has 0 fully saturated rings. The molecule has 0 saturated carbocycles. The molecule has 3 rings (SSSR count). The lowest BCUT2D eigenvalue weighted by atomic mass is 10.2. The van der Waals surface area contributed by atoms with E-state index in [1.807, 2.05) is 30.3 Å². The van der Waals surface area contributed by atoms with Crippen LogP contribution in [-0.4, -0.2) is 16.0 Å². The number of primary amides is 1. The first kappa shape index (κ1) is 13.3. The van der Waals surface area contributed by atoms with E-state index < -0.39 is 6.03 Å². The van der Waals surface area contributed by atoms with E-state index in [9.17, 15) is 4.79 Å². The second-order valence-electron chi connectivity index (χ2n) is 4.23. The van der Waals surface area contributed by atoms with Crippen molar-refractivity contribution in [3.8, 4) is 10.4 Å². The summed E-state index contributed by atoms with van der Waals surface area (Å²) in [5, 5.41) is 0.500. The summed E-state index contributed by atoms with van der Waals surface area (Å²) in [6, 6.07) is 14.5. The fraction of sp³-hybridized carbons (Fsp3) is 0. The first-order valence-electron chi connectivity index (χ1n) is 6.27. The van der Waals surface area contributed by atoms with Crippen molar-refractivity contribution in [2.24, 2.45) is 5.73 Å². The van der Waals surface area contributed by atoms with Gasteiger partial charge >= 0.3 is 6.03 Å². The van der Waals surface area contributed by atoms with Gasteiger partial charge in [-0.15, -0.1) is 0 Å². The number of pyridine rings is 1. The maximum atomic E-state index is 11.7. The molecule has 6 heteroatoms. The lowest BCUT2D eigenvalue weighted by molar-refractivity contribution is 0.256. The molecule has 0 radical (unpaired) electrons. The lowest BCUT2D eigenvalue weighted by Crippen LogP contribution is -2.31. The number of hydrogen-bond donors (Lipinski definition) is 1. The molecule has 2 aromatic heterocycles. The van der Waals surface area contributed by atoms with Crippen molar-refractivity contribution in [2.75, 3.05) is 4.90 Å². The highest BCUT2D eigenvalue weighted by Crippen LogP contribution is 2.33. The van der Waals surface area contributed by atoms with Crippen LogP contribution in [0.5, 0.6) is 0 Å². The SMILES string of the molecule is NC(=O)N(c1ccccn1)c1ncc(-c2ccccc2)s1. The Morgan fingerprint density at radius 2 is 1.81 bits per heavy atom. The molecule has 2 heterocycles. The van der Waals surface area contributed by atoms with Gasteiger partial charge in [0.1, 0.15) is 5.82 Å². The van der Waals surface area contributed by atoms with Crippen LogP contribution >= 0.6 is 11.3 Å². The first-order valence-corrected chi connectivity index (χ1v) is 7.09. The molecule has 2 N–H and O–H groups in total. The highest BCUT2D eigenvalue weighted by molar-refractivity contribution is 7.19. The molecular weight excluding hydrogens is 284 g/mol. The van der Waals surface area contributed by atoms with E-state index in [4.69, 9.17) is 5.73 Å². The molecule has 0 unspecified atom stereocenters. The number of carbonyl (C=O) groups is 1. The Bertz CT molecular complexity index is 743. The van der Waals surface area contributed by atoms with Crippen molar-refractivity contribution in [3.63, 3.8) is 0 Å². The summed E-state index contributed by atoms with van der Waals surface area (Å²) in [5.74, 6) is 0.457. The fourth-order valence-electron chi connectivity index (χ4n) is 1.90. The van der Waals surface area contributed by atoms with Crippen LogP contribution in [0.25, 0.3) is 10.4 Å². The normalized spacial score (nSPS) is 10.3. The largest absolute Gasteiger partial charge is 0.351 e. The maximum absolute atomic E-state index is 11.7. The van der Waals surface area contributed by atoms with Gasteiger partial charge in [-0.1, -0.05) is 47.7 Å². The van der Waals surface area contributed by atoms with Crippen LogP contribution in [0, 0.1) is 0 Å². The predicted molar refractivity (Wildman–Crippen MR) is 83.5 cm³/mol. The van der Waals surface area contributed by atoms with Crippen molar-refractivity contribution in [1.82, 2.24) is 9.97 Å². The molecule has 2 amide bonds. The second-order valence-corrected chi connectivity index (χ2v) is 5.24. The summed E-state index contributed by atoms with van der Waals surface area (Å²) < 4.78 is 0. The summed E-state index contributed by atoms with van der Waals surface area (Å²) in [7, 11) is 0. The Kier molecular flexibility index (Phi) is 3.61. The zero-order chi connectivity index (χ0) is 14.7. The van der Waals surface area contributed by atoms with E-state index in [1.54, 1.807) is 30.6 Å². The van der Waals surface area contributed by atoms with Gasteiger partial charge in [0.2, 0.25) is 0 Å². The average Bonchev–Trinajstić information content (AvgIpc) is 2.98. The zero-order valence-electron chi connectivity index (χ0n) is 11.0. The van der Waals surface area contributed by atoms with Gasteiger partial charge < -0.3 is 5.73 Å². The molecule has 0 saturated heterocycles. The van der Waals surface area contributed by atoms with Gasteiger partial charge in [-0.3, -0.25) is 0 Å². The molecule has 0 aliphatic rings. The molecule has 0 aliphatic heterocycles. The minimum Gasteiger partial charge on any atom is -0.351 e. The molecule has 0 atom stereocenters. The van der Waals surface area contributed by atoms with Gasteiger partial charge in [0, 0.05) is 12.4 Å². The van der Waals surface area contributed by atoms with E-state index in [2.05, 4.69) is 9.97 Å². The predicted octanol–water partition coefficient (Wildman–Crippen LogP) is 3.42. The maximum Gasteiger partial charge on any atom is 0.326 e. The molecule has 5 nitrogen and oxygen atoms in total. The van der Waals surface area contributed by atoms with Gasteiger partial charge in [0.15, 0.2) is 5.13 Å². The van der Waals surface area contributed by atoms with Crippen molar-refractivity contribution in [2.45, 2.75) is 0 Å². The van der Waals surface area contributed by atoms with Crippen molar-refractivity contribution in [1.29, 1.82) is 0 Å². The molecule has 21 heavy (non-hydrogen) atoms. The summed E-state index contributed by atoms with van der Waals surface area (Å²) >= 11 is 1.39. The first-order chi connectivity index (χ1) is 10.3. The number of carbonyl (C=O) groups excluding carboxylic acids is 1. The molecule has 104 valence electrons. The zero-order valence-corrected chi connectivity index (χ0v) is 11.8. The number of urea groups is 1. The number of anilines is 2. The third kappa shape index (κ3) is 2.75. The topological polar surface area (TPSA) is 72.1 Å². The second kappa shape index (κ2) is 5.72. The van der Waals surface area contributed by atoms with Gasteiger partial charge in [0.05, 0.1) is 4.88 Å². The average molecular weight is 296 g/mol. The Labute approximate surface area is 125 Å². The molecule has 0 bridgehead atoms. The van der Waals surface area contributed by atoms with Crippen LogP contribution in [0.15, 0.2) is 60.9 Å². The monoisotopic (exact) mass is 296 g/mol. The Morgan fingerprint density at radius 1 is 1.05 bits per heavy atom. The van der Waals surface area contributed by atoms with Crippen LogP contribution in [0.1, 0.15) is 0 Å². The highest BCUT2D eigenvalue weighted by atomic mass is 32.1. The van der Waals surface area contributed by atoms with E-state index in [-0.39, 0.29) is 0 Å². The number of rotatable bonds is 3. The highest BCUT2D eigenvalue weighted by Gasteiger charge is 2.19. The standard InChI is InChI=1S/C15H12N4OS/c16-14(20)19(13-8-4-5-9-17-13)15-18-10-12(21-15)11-6-2-1-3-7-11/h1-10H,(H2,16,20). The molecule has 0 aliphatic carbocycles. The van der Waals surface area contributed by atoms with Gasteiger partial charge in [0.25, 0.3) is 0 Å². The number of hydrogen-bond acceptors (Lipinski definition) is 4. The van der Waals surface area contributed by atoms with E-state index in [1.165, 1.54) is 16.2 Å². The van der Waals surface area contributed by atoms with E-state index in [0.717, 1.165) is 10.4 Å². The van der Waals surface area contributed by atoms with Crippen LogP contribution in [0.3, 0.4) is 0 Å². The van der Waals surface area contributed by atoms with Gasteiger partial charge in [-0.05, 0) is 17.7 Å². The van der Waals surface area contributed by atoms with Crippen LogP contribution in [-0.2, 0) is 0 Å². The smallest absolute Gasteiger partial charge is 0.326 e. The number of amides is 2. The van der Waals surface area contributed by atoms with Crippen molar-refractivity contribution < 1.29 is 4.79 Å². The Morgan fingerprint density at radius 3 is 2.48 bits per heavy atom. The van der Waals surface area contributed by atoms with Gasteiger partial charge in [-0.2, -0.15) is 0 Å². The summed E-state index contributed by atoms with van der Waals surface area (Å²) in [6.07, 6.45) is 3.34. The fourth-order valence-corrected chi connectivity index (χ4v) is 2.83. The molecule has 1 aromatic carbocycles. The quantitative estimate of drug-likeness (QED) is 0.805. The number of thiazole rings is 1. The van der Waals surface area contributed by atoms with Crippen molar-refractivity contribution in [3.05, 3.63) is 60.9 Å². The number of aromatic nitrogens is 2. The summed E-state index contributed by atoms with van der Waals surface area (Å²) in [4.78, 5) is 22.4. The number of nitrogens with two attached hydrogens (primary N) is 1. The molecule has 3 aromatic rings. The number of nitrogens with zero attached hydrogens (tertiary/aromatic N) is 3. The van der Waals surface area contributed by atoms with Crippen LogP contribution in [0.4, 0.5) is 15.7 Å². The summed E-state index contributed by atoms with van der Waals surface area (Å²) in [5.41, 5.74) is 6.51. The van der Waals surface area contributed by atoms with Crippen molar-refractivity contribution >= 4 is 28.3 Å². The van der Waals surface area contributed by atoms with Crippen LogP contribution in [0.2, 0.25) is 0 Å². The third-order valence-corrected chi connectivity index (χ3v) is 3.87. The minimum atomic E-state index is -0.609. The summed E-state index contributed by atoms with van der Waals surface area (Å²) in [6.45, 7) is 0. The van der Waals surface area contributed by atoms with Crippen LogP contribution < -0.4 is 10.6 Å².